The Labute approximate surface area is 151 Å². The number of hydrogen-bond donors (Lipinski definition) is 2. The predicted octanol–water partition coefficient (Wildman–Crippen LogP) is 1.39. The van der Waals surface area contributed by atoms with Crippen molar-refractivity contribution in [3.63, 3.8) is 0 Å². The van der Waals surface area contributed by atoms with Gasteiger partial charge in [0.15, 0.2) is 11.8 Å². The molecule has 0 atom stereocenters. The Balaban J connectivity index is 0.00000242. The molecule has 0 bridgehead atoms. The summed E-state index contributed by atoms with van der Waals surface area (Å²) in [7, 11) is 3.64. The normalized spacial score (nSPS) is 11.0. The van der Waals surface area contributed by atoms with E-state index in [0.29, 0.717) is 11.7 Å². The predicted molar refractivity (Wildman–Crippen MR) is 97.6 cm³/mol. The summed E-state index contributed by atoms with van der Waals surface area (Å²) in [5, 5.41) is 14.8. The molecule has 2 aromatic heterocycles. The summed E-state index contributed by atoms with van der Waals surface area (Å²) < 4.78 is 1.86. The van der Waals surface area contributed by atoms with E-state index < -0.39 is 0 Å². The van der Waals surface area contributed by atoms with Crippen molar-refractivity contribution in [1.82, 2.24) is 30.4 Å². The van der Waals surface area contributed by atoms with E-state index in [1.54, 1.807) is 25.6 Å². The first kappa shape index (κ1) is 18.6. The van der Waals surface area contributed by atoms with Crippen molar-refractivity contribution in [2.45, 2.75) is 13.0 Å². The van der Waals surface area contributed by atoms with Crippen LogP contribution < -0.4 is 10.6 Å². The second-order valence-corrected chi connectivity index (χ2v) is 4.84. The fourth-order valence-electron chi connectivity index (χ4n) is 1.73. The van der Waals surface area contributed by atoms with Crippen LogP contribution in [-0.2, 0) is 20.0 Å². The zero-order valence-electron chi connectivity index (χ0n) is 12.5. The lowest BCUT2D eigenvalue weighted by molar-refractivity contribution is 0.723. The molecule has 0 aliphatic heterocycles. The molecular weight excluding hydrogens is 417 g/mol. The highest BCUT2D eigenvalue weighted by atomic mass is 127. The van der Waals surface area contributed by atoms with Crippen LogP contribution in [0.5, 0.6) is 0 Å². The number of nitrogens with one attached hydrogen (secondary N) is 2. The number of aliphatic imine (C=N–C) groups is 1. The number of rotatable bonds is 5. The lowest BCUT2D eigenvalue weighted by Gasteiger charge is -2.11. The van der Waals surface area contributed by atoms with Gasteiger partial charge in [0.25, 0.3) is 0 Å². The molecule has 2 N–H and O–H groups in total. The average Bonchev–Trinajstić information content (AvgIpc) is 2.90. The number of guanidine groups is 1. The summed E-state index contributed by atoms with van der Waals surface area (Å²) in [6.45, 7) is 1.32. The summed E-state index contributed by atoms with van der Waals surface area (Å²) in [5.41, 5.74) is 1.12. The van der Waals surface area contributed by atoms with Crippen molar-refractivity contribution in [3.05, 3.63) is 41.2 Å². The van der Waals surface area contributed by atoms with Crippen molar-refractivity contribution >= 4 is 41.5 Å². The highest BCUT2D eigenvalue weighted by molar-refractivity contribution is 14.0. The third-order valence-electron chi connectivity index (χ3n) is 2.94. The summed E-state index contributed by atoms with van der Waals surface area (Å²) in [5.74, 6) is 1.57. The number of pyridine rings is 1. The Morgan fingerprint density at radius 1 is 1.36 bits per heavy atom. The first-order valence-electron chi connectivity index (χ1n) is 6.57. The van der Waals surface area contributed by atoms with Gasteiger partial charge in [-0.1, -0.05) is 17.7 Å². The zero-order chi connectivity index (χ0) is 15.1. The average molecular weight is 436 g/mol. The molecule has 0 saturated heterocycles. The Kier molecular flexibility index (Phi) is 8.10. The first-order chi connectivity index (χ1) is 10.2. The van der Waals surface area contributed by atoms with E-state index >= 15 is 0 Å². The van der Waals surface area contributed by atoms with Gasteiger partial charge in [0.05, 0.1) is 6.54 Å². The summed E-state index contributed by atoms with van der Waals surface area (Å²) in [6, 6.07) is 3.75. The van der Waals surface area contributed by atoms with Crippen molar-refractivity contribution in [2.24, 2.45) is 12.0 Å². The fraction of sp³-hybridized carbons (Fsp3) is 0.385. The van der Waals surface area contributed by atoms with Crippen LogP contribution in [-0.4, -0.2) is 39.3 Å². The minimum absolute atomic E-state index is 0. The third kappa shape index (κ3) is 5.76. The van der Waals surface area contributed by atoms with Crippen LogP contribution in [0.25, 0.3) is 0 Å². The molecule has 7 nitrogen and oxygen atoms in total. The molecule has 2 heterocycles. The summed E-state index contributed by atoms with van der Waals surface area (Å²) >= 11 is 5.75. The topological polar surface area (TPSA) is 80.0 Å². The molecule has 9 heteroatoms. The lowest BCUT2D eigenvalue weighted by atomic mass is 10.2. The molecule has 0 spiro atoms. The lowest BCUT2D eigenvalue weighted by Crippen LogP contribution is -2.38. The maximum Gasteiger partial charge on any atom is 0.191 e. The smallest absolute Gasteiger partial charge is 0.191 e. The fourth-order valence-corrected chi connectivity index (χ4v) is 1.84. The van der Waals surface area contributed by atoms with E-state index in [0.717, 1.165) is 30.3 Å². The Morgan fingerprint density at radius 2 is 2.18 bits per heavy atom. The summed E-state index contributed by atoms with van der Waals surface area (Å²) in [4.78, 5) is 8.21. The molecule has 0 unspecified atom stereocenters. The molecule has 0 aliphatic rings. The highest BCUT2D eigenvalue weighted by Gasteiger charge is 2.02. The third-order valence-corrected chi connectivity index (χ3v) is 3.16. The minimum atomic E-state index is 0. The van der Waals surface area contributed by atoms with Crippen molar-refractivity contribution in [1.29, 1.82) is 0 Å². The van der Waals surface area contributed by atoms with Gasteiger partial charge in [-0.05, 0) is 18.1 Å². The minimum Gasteiger partial charge on any atom is -0.356 e. The Morgan fingerprint density at radius 3 is 2.77 bits per heavy atom. The molecule has 0 radical (unpaired) electrons. The molecule has 0 saturated carbocycles. The van der Waals surface area contributed by atoms with Crippen LogP contribution in [0.4, 0.5) is 0 Å². The van der Waals surface area contributed by atoms with Gasteiger partial charge >= 0.3 is 0 Å². The molecule has 0 aromatic carbocycles. The summed E-state index contributed by atoms with van der Waals surface area (Å²) in [6.07, 6.45) is 4.29. The van der Waals surface area contributed by atoms with Crippen molar-refractivity contribution in [3.8, 4) is 0 Å². The largest absolute Gasteiger partial charge is 0.356 e. The second-order valence-electron chi connectivity index (χ2n) is 4.45. The number of halogens is 2. The van der Waals surface area contributed by atoms with E-state index in [-0.39, 0.29) is 24.0 Å². The van der Waals surface area contributed by atoms with Crippen molar-refractivity contribution in [2.75, 3.05) is 13.6 Å². The molecule has 0 amide bonds. The standard InChI is InChI=1S/C13H18ClN7.HI/c1-15-13(18-8-12-20-19-9-21(12)2)16-6-5-10-3-4-11(14)17-7-10;/h3-4,7,9H,5-6,8H2,1-2H3,(H2,15,16,18);1H. The SMILES string of the molecule is CN=C(NCCc1ccc(Cl)nc1)NCc1nncn1C.I. The molecular formula is C13H19ClIN7. The van der Waals surface area contributed by atoms with Gasteiger partial charge in [-0.15, -0.1) is 34.2 Å². The number of aryl methyl sites for hydroxylation is 1. The number of aromatic nitrogens is 4. The number of nitrogens with zero attached hydrogens (tertiary/aromatic N) is 5. The molecule has 120 valence electrons. The van der Waals surface area contributed by atoms with Gasteiger partial charge in [0.1, 0.15) is 11.5 Å². The molecule has 0 fully saturated rings. The quantitative estimate of drug-likeness (QED) is 0.321. The van der Waals surface area contributed by atoms with Gasteiger partial charge in [0, 0.05) is 26.8 Å². The Hall–Kier alpha value is -1.42. The Bertz CT molecular complexity index is 597. The maximum atomic E-state index is 5.75. The molecule has 2 rings (SSSR count). The first-order valence-corrected chi connectivity index (χ1v) is 6.94. The van der Waals surface area contributed by atoms with Crippen LogP contribution in [0.3, 0.4) is 0 Å². The highest BCUT2D eigenvalue weighted by Crippen LogP contribution is 2.05. The van der Waals surface area contributed by atoms with Crippen molar-refractivity contribution < 1.29 is 0 Å². The molecule has 22 heavy (non-hydrogen) atoms. The van der Waals surface area contributed by atoms with Crippen LogP contribution >= 0.6 is 35.6 Å². The van der Waals surface area contributed by atoms with E-state index in [1.807, 2.05) is 17.7 Å². The van der Waals surface area contributed by atoms with Crippen LogP contribution in [0.15, 0.2) is 29.6 Å². The van der Waals surface area contributed by atoms with Crippen LogP contribution in [0.1, 0.15) is 11.4 Å². The van der Waals surface area contributed by atoms with E-state index in [2.05, 4.69) is 30.8 Å². The van der Waals surface area contributed by atoms with Gasteiger partial charge < -0.3 is 15.2 Å². The molecule has 0 aliphatic carbocycles. The van der Waals surface area contributed by atoms with Gasteiger partial charge in [-0.2, -0.15) is 0 Å². The van der Waals surface area contributed by atoms with E-state index in [4.69, 9.17) is 11.6 Å². The van der Waals surface area contributed by atoms with Gasteiger partial charge in [-0.3, -0.25) is 4.99 Å². The van der Waals surface area contributed by atoms with Crippen LogP contribution in [0.2, 0.25) is 5.15 Å². The van der Waals surface area contributed by atoms with Gasteiger partial charge in [0.2, 0.25) is 0 Å². The van der Waals surface area contributed by atoms with E-state index in [1.165, 1.54) is 0 Å². The zero-order valence-corrected chi connectivity index (χ0v) is 15.5. The number of hydrogen-bond acceptors (Lipinski definition) is 4. The van der Waals surface area contributed by atoms with Gasteiger partial charge in [-0.25, -0.2) is 4.98 Å². The second kappa shape index (κ2) is 9.57. The van der Waals surface area contributed by atoms with Crippen LogP contribution in [0, 0.1) is 0 Å². The molecule has 2 aromatic rings. The monoisotopic (exact) mass is 435 g/mol. The maximum absolute atomic E-state index is 5.75. The van der Waals surface area contributed by atoms with E-state index in [9.17, 15) is 0 Å².